The Labute approximate surface area is 142 Å². The second-order valence-electron chi connectivity index (χ2n) is 5.51. The van der Waals surface area contributed by atoms with Crippen molar-refractivity contribution >= 4 is 5.91 Å². The first kappa shape index (κ1) is 17.7. The summed E-state index contributed by atoms with van der Waals surface area (Å²) in [7, 11) is 1.52. The lowest BCUT2D eigenvalue weighted by atomic mass is 10.1. The number of nitrogens with one attached hydrogen (secondary N) is 1. The Balaban J connectivity index is 1.68. The molecule has 0 saturated carbocycles. The molecule has 2 N–H and O–H groups in total. The largest absolute Gasteiger partial charge is 0.507 e. The summed E-state index contributed by atoms with van der Waals surface area (Å²) >= 11 is 0. The van der Waals surface area contributed by atoms with Gasteiger partial charge in [0.25, 0.3) is 5.91 Å². The smallest absolute Gasteiger partial charge is 0.255 e. The number of carbonyl (C=O) groups excluding carboxylic acids is 1. The van der Waals surface area contributed by atoms with Crippen LogP contribution in [-0.4, -0.2) is 31.3 Å². The molecule has 128 valence electrons. The lowest BCUT2D eigenvalue weighted by Crippen LogP contribution is -2.24. The number of phenols is 1. The van der Waals surface area contributed by atoms with Gasteiger partial charge in [-0.1, -0.05) is 17.7 Å². The van der Waals surface area contributed by atoms with E-state index in [1.54, 1.807) is 6.07 Å². The predicted molar refractivity (Wildman–Crippen MR) is 92.9 cm³/mol. The summed E-state index contributed by atoms with van der Waals surface area (Å²) in [4.78, 5) is 12.1. The lowest BCUT2D eigenvalue weighted by molar-refractivity contribution is 0.0949. The van der Waals surface area contributed by atoms with E-state index in [1.807, 2.05) is 31.2 Å². The lowest BCUT2D eigenvalue weighted by Gasteiger charge is -2.09. The highest BCUT2D eigenvalue weighted by Crippen LogP contribution is 2.22. The summed E-state index contributed by atoms with van der Waals surface area (Å²) < 4.78 is 10.7. The highest BCUT2D eigenvalue weighted by atomic mass is 16.5. The summed E-state index contributed by atoms with van der Waals surface area (Å²) in [5, 5.41) is 12.5. The van der Waals surface area contributed by atoms with Crippen LogP contribution in [0.2, 0.25) is 0 Å². The molecule has 0 aliphatic heterocycles. The fraction of sp³-hybridized carbons (Fsp3) is 0.316. The quantitative estimate of drug-likeness (QED) is 0.729. The molecule has 2 aromatic carbocycles. The zero-order chi connectivity index (χ0) is 17.4. The first-order chi connectivity index (χ1) is 11.6. The van der Waals surface area contributed by atoms with Crippen molar-refractivity contribution < 1.29 is 19.4 Å². The van der Waals surface area contributed by atoms with E-state index in [9.17, 15) is 9.90 Å². The van der Waals surface area contributed by atoms with Gasteiger partial charge in [0.05, 0.1) is 19.3 Å². The molecule has 0 heterocycles. The number of unbranched alkanes of at least 4 members (excludes halogenated alkanes) is 1. The van der Waals surface area contributed by atoms with Crippen molar-refractivity contribution in [1.29, 1.82) is 0 Å². The predicted octanol–water partition coefficient (Wildman–Crippen LogP) is 3.30. The van der Waals surface area contributed by atoms with E-state index in [-0.39, 0.29) is 17.2 Å². The first-order valence-corrected chi connectivity index (χ1v) is 7.95. The maximum absolute atomic E-state index is 12.1. The normalized spacial score (nSPS) is 10.2. The zero-order valence-electron chi connectivity index (χ0n) is 14.0. The van der Waals surface area contributed by atoms with Gasteiger partial charge in [-0.2, -0.15) is 0 Å². The Kier molecular flexibility index (Phi) is 6.49. The fourth-order valence-corrected chi connectivity index (χ4v) is 2.17. The van der Waals surface area contributed by atoms with Gasteiger partial charge in [-0.15, -0.1) is 0 Å². The minimum absolute atomic E-state index is 0.0593. The number of carbonyl (C=O) groups is 1. The number of hydrogen-bond donors (Lipinski definition) is 2. The Morgan fingerprint density at radius 2 is 1.79 bits per heavy atom. The molecular formula is C19H23NO4. The monoisotopic (exact) mass is 329 g/mol. The molecule has 2 aromatic rings. The average molecular weight is 329 g/mol. The van der Waals surface area contributed by atoms with Gasteiger partial charge in [-0.25, -0.2) is 0 Å². The molecule has 0 aromatic heterocycles. The molecule has 0 radical (unpaired) electrons. The van der Waals surface area contributed by atoms with E-state index >= 15 is 0 Å². The molecule has 24 heavy (non-hydrogen) atoms. The van der Waals surface area contributed by atoms with Gasteiger partial charge in [-0.3, -0.25) is 4.79 Å². The number of ether oxygens (including phenoxy) is 2. The maximum atomic E-state index is 12.1. The van der Waals surface area contributed by atoms with Gasteiger partial charge in [0.15, 0.2) is 0 Å². The summed E-state index contributed by atoms with van der Waals surface area (Å²) in [5.41, 5.74) is 1.41. The number of amides is 1. The molecule has 5 nitrogen and oxygen atoms in total. The SMILES string of the molecule is COc1ccc(O)c(C(=O)NCCCCOc2ccc(C)cc2)c1. The second-order valence-corrected chi connectivity index (χ2v) is 5.51. The zero-order valence-corrected chi connectivity index (χ0v) is 14.0. The van der Waals surface area contributed by atoms with Gasteiger partial charge >= 0.3 is 0 Å². The van der Waals surface area contributed by atoms with Crippen LogP contribution < -0.4 is 14.8 Å². The van der Waals surface area contributed by atoms with E-state index in [4.69, 9.17) is 9.47 Å². The van der Waals surface area contributed by atoms with Gasteiger partial charge in [-0.05, 0) is 50.1 Å². The van der Waals surface area contributed by atoms with Crippen LogP contribution in [0.5, 0.6) is 17.2 Å². The molecule has 5 heteroatoms. The number of aromatic hydroxyl groups is 1. The van der Waals surface area contributed by atoms with Crippen LogP contribution in [-0.2, 0) is 0 Å². The Morgan fingerprint density at radius 1 is 1.08 bits per heavy atom. The topological polar surface area (TPSA) is 67.8 Å². The van der Waals surface area contributed by atoms with Crippen LogP contribution in [0, 0.1) is 6.92 Å². The van der Waals surface area contributed by atoms with E-state index < -0.39 is 0 Å². The van der Waals surface area contributed by atoms with Crippen molar-refractivity contribution in [3.63, 3.8) is 0 Å². The van der Waals surface area contributed by atoms with E-state index in [0.29, 0.717) is 18.9 Å². The maximum Gasteiger partial charge on any atom is 0.255 e. The Hall–Kier alpha value is -2.69. The number of rotatable bonds is 8. The molecule has 1 amide bonds. The third-order valence-corrected chi connectivity index (χ3v) is 3.59. The van der Waals surface area contributed by atoms with Crippen LogP contribution in [0.15, 0.2) is 42.5 Å². The van der Waals surface area contributed by atoms with Gasteiger partial charge in [0.2, 0.25) is 0 Å². The molecule has 0 bridgehead atoms. The number of phenolic OH excluding ortho intramolecular Hbond substituents is 1. The van der Waals surface area contributed by atoms with Crippen LogP contribution in [0.3, 0.4) is 0 Å². The van der Waals surface area contributed by atoms with Crippen LogP contribution in [0.25, 0.3) is 0 Å². The number of aryl methyl sites for hydroxylation is 1. The van der Waals surface area contributed by atoms with Crippen molar-refractivity contribution in [3.05, 3.63) is 53.6 Å². The molecule has 0 aliphatic rings. The fourth-order valence-electron chi connectivity index (χ4n) is 2.17. The van der Waals surface area contributed by atoms with Crippen molar-refractivity contribution in [2.75, 3.05) is 20.3 Å². The molecule has 0 atom stereocenters. The molecule has 0 saturated heterocycles. The summed E-state index contributed by atoms with van der Waals surface area (Å²) in [6.07, 6.45) is 1.63. The van der Waals surface area contributed by atoms with E-state index in [0.717, 1.165) is 18.6 Å². The van der Waals surface area contributed by atoms with Crippen molar-refractivity contribution in [1.82, 2.24) is 5.32 Å². The number of benzene rings is 2. The summed E-state index contributed by atoms with van der Waals surface area (Å²) in [6, 6.07) is 12.5. The third-order valence-electron chi connectivity index (χ3n) is 3.59. The summed E-state index contributed by atoms with van der Waals surface area (Å²) in [5.74, 6) is 1.01. The minimum atomic E-state index is -0.314. The van der Waals surface area contributed by atoms with Gasteiger partial charge < -0.3 is 19.9 Å². The van der Waals surface area contributed by atoms with E-state index in [1.165, 1.54) is 24.8 Å². The standard InChI is InChI=1S/C19H23NO4/c1-14-5-7-15(8-6-14)24-12-4-3-11-20-19(22)17-13-16(23-2)9-10-18(17)21/h5-10,13,21H,3-4,11-12H2,1-2H3,(H,20,22). The molecule has 0 aliphatic carbocycles. The molecule has 2 rings (SSSR count). The van der Waals surface area contributed by atoms with Crippen molar-refractivity contribution in [3.8, 4) is 17.2 Å². The molecule has 0 fully saturated rings. The summed E-state index contributed by atoms with van der Waals surface area (Å²) in [6.45, 7) is 3.16. The average Bonchev–Trinajstić information content (AvgIpc) is 2.59. The Morgan fingerprint density at radius 3 is 2.50 bits per heavy atom. The van der Waals surface area contributed by atoms with Gasteiger partial charge in [0, 0.05) is 6.54 Å². The number of hydrogen-bond acceptors (Lipinski definition) is 4. The Bertz CT molecular complexity index is 668. The highest BCUT2D eigenvalue weighted by Gasteiger charge is 2.11. The van der Waals surface area contributed by atoms with Crippen LogP contribution >= 0.6 is 0 Å². The molecule has 0 spiro atoms. The van der Waals surface area contributed by atoms with Crippen molar-refractivity contribution in [2.45, 2.75) is 19.8 Å². The first-order valence-electron chi connectivity index (χ1n) is 7.95. The van der Waals surface area contributed by atoms with Crippen LogP contribution in [0.4, 0.5) is 0 Å². The van der Waals surface area contributed by atoms with Crippen molar-refractivity contribution in [2.24, 2.45) is 0 Å². The molecule has 0 unspecified atom stereocenters. The van der Waals surface area contributed by atoms with Gasteiger partial charge in [0.1, 0.15) is 17.2 Å². The van der Waals surface area contributed by atoms with E-state index in [2.05, 4.69) is 5.32 Å². The number of methoxy groups -OCH3 is 1. The third kappa shape index (κ3) is 5.19. The minimum Gasteiger partial charge on any atom is -0.507 e. The molecular weight excluding hydrogens is 306 g/mol. The van der Waals surface area contributed by atoms with Crippen LogP contribution in [0.1, 0.15) is 28.8 Å². The second kappa shape index (κ2) is 8.82. The highest BCUT2D eigenvalue weighted by molar-refractivity contribution is 5.97.